The predicted molar refractivity (Wildman–Crippen MR) is 70.5 cm³/mol. The largest absolute Gasteiger partial charge is 0.480 e. The minimum atomic E-state index is -4.31. The van der Waals surface area contributed by atoms with Crippen LogP contribution in [0, 0.1) is 0 Å². The molecule has 2 rings (SSSR count). The molecule has 0 fully saturated rings. The van der Waals surface area contributed by atoms with E-state index < -0.39 is 38.9 Å². The minimum absolute atomic E-state index is 0.00537. The Morgan fingerprint density at radius 1 is 1.29 bits per heavy atom. The van der Waals surface area contributed by atoms with Crippen LogP contribution in [0.5, 0.6) is 0 Å². The molecule has 1 aromatic carbocycles. The summed E-state index contributed by atoms with van der Waals surface area (Å²) >= 11 is 0. The van der Waals surface area contributed by atoms with Crippen molar-refractivity contribution in [3.8, 4) is 0 Å². The molecule has 0 aliphatic carbocycles. The number of halogens is 2. The smallest absolute Gasteiger partial charge is 0.322 e. The summed E-state index contributed by atoms with van der Waals surface area (Å²) in [5.74, 6) is -1.31. The number of carboxylic acid groups (broad SMARTS) is 1. The maximum atomic E-state index is 13.0. The first-order valence-electron chi connectivity index (χ1n) is 6.12. The van der Waals surface area contributed by atoms with Crippen molar-refractivity contribution in [2.75, 3.05) is 6.54 Å². The summed E-state index contributed by atoms with van der Waals surface area (Å²) in [6.45, 7) is -0.156. The number of hydrogen-bond acceptors (Lipinski definition) is 3. The van der Waals surface area contributed by atoms with Gasteiger partial charge in [-0.25, -0.2) is 17.2 Å². The van der Waals surface area contributed by atoms with Crippen LogP contribution in [-0.2, 0) is 14.8 Å². The van der Waals surface area contributed by atoms with E-state index in [4.69, 9.17) is 5.11 Å². The van der Waals surface area contributed by atoms with Gasteiger partial charge in [0.2, 0.25) is 10.0 Å². The van der Waals surface area contributed by atoms with Gasteiger partial charge in [0, 0.05) is 12.1 Å². The van der Waals surface area contributed by atoms with Crippen LogP contribution in [0.4, 0.5) is 8.78 Å². The summed E-state index contributed by atoms with van der Waals surface area (Å²) in [4.78, 5) is 10.6. The highest BCUT2D eigenvalue weighted by molar-refractivity contribution is 7.89. The fraction of sp³-hybridized carbons (Fsp3) is 0.308. The molecule has 1 atom stereocenters. The van der Waals surface area contributed by atoms with Crippen molar-refractivity contribution in [2.45, 2.75) is 23.8 Å². The third-order valence-corrected chi connectivity index (χ3v) is 5.13. The first-order chi connectivity index (χ1) is 9.85. The molecule has 1 N–H and O–H groups in total. The second-order valence-corrected chi connectivity index (χ2v) is 6.33. The average Bonchev–Trinajstić information content (AvgIpc) is 2.47. The molecule has 0 aromatic heterocycles. The van der Waals surface area contributed by atoms with Crippen LogP contribution in [0.15, 0.2) is 41.3 Å². The fourth-order valence-electron chi connectivity index (χ4n) is 2.16. The monoisotopic (exact) mass is 317 g/mol. The lowest BCUT2D eigenvalue weighted by atomic mass is 10.1. The van der Waals surface area contributed by atoms with Crippen LogP contribution in [0.3, 0.4) is 0 Å². The number of sulfonamides is 1. The Bertz CT molecular complexity index is 673. The zero-order valence-corrected chi connectivity index (χ0v) is 11.6. The summed E-state index contributed by atoms with van der Waals surface area (Å²) < 4.78 is 51.7. The third kappa shape index (κ3) is 2.96. The van der Waals surface area contributed by atoms with Crippen molar-refractivity contribution >= 4 is 16.0 Å². The Kier molecular flexibility index (Phi) is 4.38. The molecule has 0 amide bonds. The lowest BCUT2D eigenvalue weighted by Crippen LogP contribution is -2.46. The highest BCUT2D eigenvalue weighted by Crippen LogP contribution is 2.30. The van der Waals surface area contributed by atoms with E-state index in [0.29, 0.717) is 0 Å². The molecular formula is C13H13F2NO4S. The minimum Gasteiger partial charge on any atom is -0.480 e. The normalized spacial score (nSPS) is 19.9. The maximum Gasteiger partial charge on any atom is 0.322 e. The first-order valence-corrected chi connectivity index (χ1v) is 7.56. The highest BCUT2D eigenvalue weighted by atomic mass is 32.2. The molecule has 1 heterocycles. The third-order valence-electron chi connectivity index (χ3n) is 3.18. The van der Waals surface area contributed by atoms with Crippen molar-refractivity contribution < 1.29 is 27.1 Å². The fourth-order valence-corrected chi connectivity index (χ4v) is 3.91. The van der Waals surface area contributed by atoms with Crippen LogP contribution in [0.2, 0.25) is 0 Å². The van der Waals surface area contributed by atoms with Gasteiger partial charge in [-0.1, -0.05) is 30.4 Å². The van der Waals surface area contributed by atoms with Crippen molar-refractivity contribution in [1.29, 1.82) is 0 Å². The molecule has 0 saturated carbocycles. The maximum absolute atomic E-state index is 13.0. The first kappa shape index (κ1) is 15.6. The van der Waals surface area contributed by atoms with Crippen molar-refractivity contribution in [3.05, 3.63) is 42.0 Å². The second kappa shape index (κ2) is 5.90. The molecular weight excluding hydrogens is 304 g/mol. The number of rotatable bonds is 4. The molecule has 21 heavy (non-hydrogen) atoms. The Hall–Kier alpha value is -1.80. The zero-order chi connectivity index (χ0) is 15.6. The van der Waals surface area contributed by atoms with Gasteiger partial charge in [-0.2, -0.15) is 4.31 Å². The van der Waals surface area contributed by atoms with Gasteiger partial charge in [0.05, 0.1) is 4.90 Å². The number of alkyl halides is 2. The molecule has 1 aromatic rings. The van der Waals surface area contributed by atoms with E-state index >= 15 is 0 Å². The molecule has 0 spiro atoms. The van der Waals surface area contributed by atoms with E-state index in [0.717, 1.165) is 16.4 Å². The van der Waals surface area contributed by atoms with E-state index in [9.17, 15) is 22.0 Å². The molecule has 8 heteroatoms. The number of carbonyl (C=O) groups is 1. The van der Waals surface area contributed by atoms with Gasteiger partial charge in [-0.3, -0.25) is 4.79 Å². The second-order valence-electron chi connectivity index (χ2n) is 4.47. The number of nitrogens with zero attached hydrogens (tertiary/aromatic N) is 1. The van der Waals surface area contributed by atoms with E-state index in [1.807, 2.05) is 0 Å². The zero-order valence-electron chi connectivity index (χ0n) is 10.8. The number of hydrogen-bond donors (Lipinski definition) is 1. The van der Waals surface area contributed by atoms with E-state index in [-0.39, 0.29) is 13.0 Å². The highest BCUT2D eigenvalue weighted by Gasteiger charge is 2.37. The van der Waals surface area contributed by atoms with Crippen LogP contribution in [0.25, 0.3) is 0 Å². The average molecular weight is 317 g/mol. The topological polar surface area (TPSA) is 74.7 Å². The predicted octanol–water partition coefficient (Wildman–Crippen LogP) is 2.03. The molecule has 114 valence electrons. The molecule has 0 bridgehead atoms. The summed E-state index contributed by atoms with van der Waals surface area (Å²) in [6.07, 6.45) is 0.108. The van der Waals surface area contributed by atoms with Gasteiger partial charge in [0.25, 0.3) is 6.43 Å². The van der Waals surface area contributed by atoms with E-state index in [2.05, 4.69) is 0 Å². The standard InChI is InChI=1S/C13H13F2NO4S/c14-12(15)9-5-1-2-7-11(9)21(19,20)16-8-4-3-6-10(16)13(17)18/h1-5,7,10,12H,6,8H2,(H,17,18). The lowest BCUT2D eigenvalue weighted by Gasteiger charge is -2.29. The summed E-state index contributed by atoms with van der Waals surface area (Å²) in [7, 11) is -4.31. The van der Waals surface area contributed by atoms with Crippen molar-refractivity contribution in [3.63, 3.8) is 0 Å². The number of benzene rings is 1. The van der Waals surface area contributed by atoms with E-state index in [1.54, 1.807) is 6.08 Å². The SMILES string of the molecule is O=C(O)C1CC=CCN1S(=O)(=O)c1ccccc1C(F)F. The Morgan fingerprint density at radius 3 is 2.57 bits per heavy atom. The Morgan fingerprint density at radius 2 is 1.95 bits per heavy atom. The molecule has 5 nitrogen and oxygen atoms in total. The van der Waals surface area contributed by atoms with E-state index in [1.165, 1.54) is 18.2 Å². The molecule has 0 saturated heterocycles. The summed E-state index contributed by atoms with van der Waals surface area (Å²) in [6, 6.07) is 3.44. The lowest BCUT2D eigenvalue weighted by molar-refractivity contribution is -0.141. The van der Waals surface area contributed by atoms with Gasteiger partial charge >= 0.3 is 5.97 Å². The van der Waals surface area contributed by atoms with Gasteiger partial charge in [-0.15, -0.1) is 0 Å². The van der Waals surface area contributed by atoms with Gasteiger partial charge in [-0.05, 0) is 12.5 Å². The summed E-state index contributed by atoms with van der Waals surface area (Å²) in [5.41, 5.74) is -0.629. The van der Waals surface area contributed by atoms with Crippen LogP contribution < -0.4 is 0 Å². The molecule has 0 radical (unpaired) electrons. The van der Waals surface area contributed by atoms with Crippen LogP contribution in [-0.4, -0.2) is 36.4 Å². The van der Waals surface area contributed by atoms with Gasteiger partial charge in [0.15, 0.2) is 0 Å². The Labute approximate surface area is 120 Å². The quantitative estimate of drug-likeness (QED) is 0.862. The van der Waals surface area contributed by atoms with Gasteiger partial charge in [0.1, 0.15) is 6.04 Å². The number of aliphatic carboxylic acids is 1. The molecule has 1 unspecified atom stereocenters. The Balaban J connectivity index is 2.51. The number of carboxylic acids is 1. The van der Waals surface area contributed by atoms with Crippen LogP contribution in [0.1, 0.15) is 18.4 Å². The summed E-state index contributed by atoms with van der Waals surface area (Å²) in [5, 5.41) is 9.11. The van der Waals surface area contributed by atoms with Crippen molar-refractivity contribution in [2.24, 2.45) is 0 Å². The van der Waals surface area contributed by atoms with Crippen LogP contribution >= 0.6 is 0 Å². The van der Waals surface area contributed by atoms with Crippen molar-refractivity contribution in [1.82, 2.24) is 4.31 Å². The van der Waals surface area contributed by atoms with Gasteiger partial charge < -0.3 is 5.11 Å². The molecule has 1 aliphatic heterocycles. The molecule has 1 aliphatic rings.